The molecule has 1 atom stereocenters. The Balaban J connectivity index is 3.01. The number of rotatable bonds is 6. The summed E-state index contributed by atoms with van der Waals surface area (Å²) in [6.45, 7) is 3.96. The van der Waals surface area contributed by atoms with Crippen LogP contribution in [0.3, 0.4) is 0 Å². The maximum Gasteiger partial charge on any atom is 0.338 e. The van der Waals surface area contributed by atoms with Gasteiger partial charge in [-0.05, 0) is 5.92 Å². The third-order valence-electron chi connectivity index (χ3n) is 2.76. The first-order valence-corrected chi connectivity index (χ1v) is 5.96. The van der Waals surface area contributed by atoms with Gasteiger partial charge in [0.25, 0.3) is 11.4 Å². The van der Waals surface area contributed by atoms with E-state index in [0.29, 0.717) is 0 Å². The van der Waals surface area contributed by atoms with E-state index in [0.717, 1.165) is 24.6 Å². The van der Waals surface area contributed by atoms with Crippen molar-refractivity contribution in [3.63, 3.8) is 0 Å². The maximum atomic E-state index is 11.7. The Hall–Kier alpha value is -2.51. The monoisotopic (exact) mass is 282 g/mol. The van der Waals surface area contributed by atoms with Gasteiger partial charge in [-0.3, -0.25) is 20.2 Å². The summed E-state index contributed by atoms with van der Waals surface area (Å²) >= 11 is 0. The number of nitro groups is 2. The molecule has 0 N–H and O–H groups in total. The molecule has 0 heterocycles. The second-order valence-corrected chi connectivity index (χ2v) is 4.36. The molecule has 0 aliphatic rings. The average Bonchev–Trinajstić information content (AvgIpc) is 2.43. The van der Waals surface area contributed by atoms with Crippen LogP contribution >= 0.6 is 0 Å². The van der Waals surface area contributed by atoms with E-state index < -0.39 is 27.2 Å². The smallest absolute Gasteiger partial charge is 0.338 e. The third kappa shape index (κ3) is 4.01. The summed E-state index contributed by atoms with van der Waals surface area (Å²) in [4.78, 5) is 31.5. The fraction of sp³-hybridized carbons (Fsp3) is 0.417. The number of nitro benzene ring substituents is 2. The number of benzene rings is 1. The number of nitrogens with zero attached hydrogens (tertiary/aromatic N) is 2. The zero-order valence-electron chi connectivity index (χ0n) is 11.1. The lowest BCUT2D eigenvalue weighted by Crippen LogP contribution is -2.12. The minimum atomic E-state index is -0.808. The summed E-state index contributed by atoms with van der Waals surface area (Å²) in [6.07, 6.45) is 0.808. The molecule has 0 amide bonds. The fourth-order valence-corrected chi connectivity index (χ4v) is 1.34. The maximum absolute atomic E-state index is 11.7. The zero-order valence-corrected chi connectivity index (χ0v) is 11.1. The quantitative estimate of drug-likeness (QED) is 0.450. The number of non-ortho nitro benzene ring substituents is 2. The summed E-state index contributed by atoms with van der Waals surface area (Å²) in [5, 5.41) is 21.4. The van der Waals surface area contributed by atoms with E-state index in [9.17, 15) is 25.0 Å². The molecule has 0 radical (unpaired) electrons. The van der Waals surface area contributed by atoms with Crippen molar-refractivity contribution in [3.05, 3.63) is 44.0 Å². The number of esters is 1. The standard InChI is InChI=1S/C12H14N2O6/c1-3-8(2)7-20-12(15)9-4-10(13(16)17)6-11(5-9)14(18)19/h4-6,8H,3,7H2,1-2H3/t8-/m1/s1. The molecular formula is C12H14N2O6. The molecule has 0 bridgehead atoms. The zero-order chi connectivity index (χ0) is 15.3. The summed E-state index contributed by atoms with van der Waals surface area (Å²) in [5.74, 6) is -0.662. The van der Waals surface area contributed by atoms with Crippen molar-refractivity contribution in [2.24, 2.45) is 5.92 Å². The number of carbonyl (C=O) groups is 1. The van der Waals surface area contributed by atoms with E-state index in [-0.39, 0.29) is 18.1 Å². The van der Waals surface area contributed by atoms with Crippen molar-refractivity contribution < 1.29 is 19.4 Å². The molecule has 8 heteroatoms. The first kappa shape index (κ1) is 15.5. The van der Waals surface area contributed by atoms with Gasteiger partial charge in [0.2, 0.25) is 0 Å². The minimum Gasteiger partial charge on any atom is -0.462 e. The van der Waals surface area contributed by atoms with Crippen molar-refractivity contribution in [3.8, 4) is 0 Å². The molecule has 20 heavy (non-hydrogen) atoms. The van der Waals surface area contributed by atoms with Crippen LogP contribution in [0.2, 0.25) is 0 Å². The van der Waals surface area contributed by atoms with Crippen molar-refractivity contribution in [1.82, 2.24) is 0 Å². The Labute approximate surface area is 114 Å². The van der Waals surface area contributed by atoms with Crippen molar-refractivity contribution in [1.29, 1.82) is 0 Å². The molecule has 8 nitrogen and oxygen atoms in total. The lowest BCUT2D eigenvalue weighted by atomic mass is 10.1. The molecule has 0 aliphatic heterocycles. The first-order chi connectivity index (χ1) is 9.35. The molecule has 1 aromatic carbocycles. The minimum absolute atomic E-state index is 0.146. The molecule has 1 aromatic rings. The molecule has 0 unspecified atom stereocenters. The van der Waals surface area contributed by atoms with E-state index in [2.05, 4.69) is 0 Å². The first-order valence-electron chi connectivity index (χ1n) is 5.96. The largest absolute Gasteiger partial charge is 0.462 e. The fourth-order valence-electron chi connectivity index (χ4n) is 1.34. The lowest BCUT2D eigenvalue weighted by molar-refractivity contribution is -0.394. The number of carbonyl (C=O) groups excluding carboxylic acids is 1. The number of ether oxygens (including phenoxy) is 1. The highest BCUT2D eigenvalue weighted by molar-refractivity contribution is 5.91. The van der Waals surface area contributed by atoms with Crippen LogP contribution in [0.25, 0.3) is 0 Å². The molecule has 0 saturated carbocycles. The summed E-state index contributed by atoms with van der Waals surface area (Å²) in [7, 11) is 0. The molecule has 0 saturated heterocycles. The van der Waals surface area contributed by atoms with Gasteiger partial charge in [0.05, 0.1) is 28.1 Å². The van der Waals surface area contributed by atoms with E-state index in [4.69, 9.17) is 4.74 Å². The van der Waals surface area contributed by atoms with E-state index in [1.807, 2.05) is 13.8 Å². The van der Waals surface area contributed by atoms with Crippen LogP contribution in [0.15, 0.2) is 18.2 Å². The Morgan fingerprint density at radius 2 is 1.70 bits per heavy atom. The highest BCUT2D eigenvalue weighted by Gasteiger charge is 2.20. The van der Waals surface area contributed by atoms with Gasteiger partial charge in [-0.15, -0.1) is 0 Å². The van der Waals surface area contributed by atoms with E-state index >= 15 is 0 Å². The highest BCUT2D eigenvalue weighted by atomic mass is 16.6. The highest BCUT2D eigenvalue weighted by Crippen LogP contribution is 2.23. The van der Waals surface area contributed by atoms with Gasteiger partial charge in [-0.25, -0.2) is 4.79 Å². The van der Waals surface area contributed by atoms with E-state index in [1.54, 1.807) is 0 Å². The van der Waals surface area contributed by atoms with Gasteiger partial charge in [0.15, 0.2) is 0 Å². The second kappa shape index (κ2) is 6.60. The lowest BCUT2D eigenvalue weighted by Gasteiger charge is -2.09. The van der Waals surface area contributed by atoms with Crippen LogP contribution in [-0.4, -0.2) is 22.4 Å². The van der Waals surface area contributed by atoms with Crippen molar-refractivity contribution in [2.75, 3.05) is 6.61 Å². The van der Waals surface area contributed by atoms with Crippen LogP contribution in [0.4, 0.5) is 11.4 Å². The molecule has 0 aromatic heterocycles. The second-order valence-electron chi connectivity index (χ2n) is 4.36. The molecule has 0 fully saturated rings. The van der Waals surface area contributed by atoms with Crippen molar-refractivity contribution >= 4 is 17.3 Å². The Morgan fingerprint density at radius 3 is 2.10 bits per heavy atom. The average molecular weight is 282 g/mol. The Morgan fingerprint density at radius 1 is 1.20 bits per heavy atom. The molecule has 0 aliphatic carbocycles. The summed E-state index contributed by atoms with van der Waals surface area (Å²) in [6, 6.07) is 2.73. The Bertz CT molecular complexity index is 510. The summed E-state index contributed by atoms with van der Waals surface area (Å²) < 4.78 is 4.97. The van der Waals surface area contributed by atoms with Crippen LogP contribution in [-0.2, 0) is 4.74 Å². The summed E-state index contributed by atoms with van der Waals surface area (Å²) in [5.41, 5.74) is -1.24. The van der Waals surface area contributed by atoms with Crippen LogP contribution in [0.5, 0.6) is 0 Å². The number of hydrogen-bond donors (Lipinski definition) is 0. The van der Waals surface area contributed by atoms with Crippen molar-refractivity contribution in [2.45, 2.75) is 20.3 Å². The van der Waals surface area contributed by atoms with Gasteiger partial charge in [0.1, 0.15) is 0 Å². The van der Waals surface area contributed by atoms with Crippen LogP contribution in [0.1, 0.15) is 30.6 Å². The molecule has 0 spiro atoms. The SMILES string of the molecule is CC[C@@H](C)COC(=O)c1cc([N+](=O)[O-])cc([N+](=O)[O-])c1. The molecular weight excluding hydrogens is 268 g/mol. The van der Waals surface area contributed by atoms with Crippen LogP contribution in [0, 0.1) is 26.1 Å². The van der Waals surface area contributed by atoms with Gasteiger partial charge in [-0.1, -0.05) is 20.3 Å². The topological polar surface area (TPSA) is 113 Å². The normalized spacial score (nSPS) is 11.7. The van der Waals surface area contributed by atoms with Gasteiger partial charge >= 0.3 is 5.97 Å². The predicted molar refractivity (Wildman–Crippen MR) is 69.5 cm³/mol. The number of hydrogen-bond acceptors (Lipinski definition) is 6. The van der Waals surface area contributed by atoms with Gasteiger partial charge in [0, 0.05) is 12.1 Å². The van der Waals surface area contributed by atoms with Gasteiger partial charge in [-0.2, -0.15) is 0 Å². The van der Waals surface area contributed by atoms with Crippen LogP contribution < -0.4 is 0 Å². The molecule has 108 valence electrons. The predicted octanol–water partition coefficient (Wildman–Crippen LogP) is 2.71. The third-order valence-corrected chi connectivity index (χ3v) is 2.76. The molecule has 1 rings (SSSR count). The Kier molecular flexibility index (Phi) is 5.13. The van der Waals surface area contributed by atoms with Gasteiger partial charge < -0.3 is 4.74 Å². The van der Waals surface area contributed by atoms with E-state index in [1.165, 1.54) is 0 Å².